The average Bonchev–Trinajstić information content (AvgIpc) is 2.81. The van der Waals surface area contributed by atoms with Gasteiger partial charge in [-0.1, -0.05) is 30.3 Å². The number of nitrogens with zero attached hydrogens (tertiary/aromatic N) is 3. The topological polar surface area (TPSA) is 73.7 Å². The Morgan fingerprint density at radius 2 is 1.87 bits per heavy atom. The monoisotopic (exact) mass is 423 g/mol. The summed E-state index contributed by atoms with van der Waals surface area (Å²) in [5.74, 6) is 0.0891. The van der Waals surface area contributed by atoms with E-state index in [1.54, 1.807) is 17.0 Å². The second-order valence-electron chi connectivity index (χ2n) is 7.10. The summed E-state index contributed by atoms with van der Waals surface area (Å²) in [4.78, 5) is 26.8. The number of rotatable bonds is 6. The molecule has 1 fully saturated rings. The molecule has 2 aromatic carbocycles. The number of para-hydroxylation sites is 1. The lowest BCUT2D eigenvalue weighted by atomic mass is 10.1. The van der Waals surface area contributed by atoms with Crippen LogP contribution in [-0.2, 0) is 11.3 Å². The van der Waals surface area contributed by atoms with Crippen LogP contribution in [0.15, 0.2) is 71.5 Å². The van der Waals surface area contributed by atoms with Crippen molar-refractivity contribution in [1.29, 1.82) is 0 Å². The fourth-order valence-corrected chi connectivity index (χ4v) is 3.36. The number of benzene rings is 2. The molecule has 31 heavy (non-hydrogen) atoms. The molecule has 2 heterocycles. The van der Waals surface area contributed by atoms with Crippen molar-refractivity contribution in [2.75, 3.05) is 26.3 Å². The Kier molecular flexibility index (Phi) is 6.37. The first-order valence-corrected chi connectivity index (χ1v) is 10.0. The van der Waals surface area contributed by atoms with E-state index in [-0.39, 0.29) is 42.2 Å². The van der Waals surface area contributed by atoms with Gasteiger partial charge in [-0.2, -0.15) is 5.10 Å². The van der Waals surface area contributed by atoms with E-state index in [4.69, 9.17) is 9.47 Å². The number of morpholine rings is 1. The zero-order valence-electron chi connectivity index (χ0n) is 16.8. The van der Waals surface area contributed by atoms with Crippen LogP contribution < -0.4 is 10.3 Å². The highest BCUT2D eigenvalue weighted by Crippen LogP contribution is 2.23. The summed E-state index contributed by atoms with van der Waals surface area (Å²) in [6, 6.07) is 18.1. The predicted molar refractivity (Wildman–Crippen MR) is 111 cm³/mol. The fraction of sp³-hybridized carbons (Fsp3) is 0.261. The number of aromatic nitrogens is 2. The average molecular weight is 423 g/mol. The summed E-state index contributed by atoms with van der Waals surface area (Å²) in [5.41, 5.74) is 0.674. The molecule has 160 valence electrons. The molecule has 1 atom stereocenters. The van der Waals surface area contributed by atoms with Gasteiger partial charge in [0, 0.05) is 12.6 Å². The van der Waals surface area contributed by atoms with Crippen molar-refractivity contribution in [1.82, 2.24) is 14.7 Å². The van der Waals surface area contributed by atoms with E-state index in [1.165, 1.54) is 28.9 Å². The van der Waals surface area contributed by atoms with Crippen molar-refractivity contribution in [2.45, 2.75) is 12.6 Å². The maximum Gasteiger partial charge on any atom is 0.274 e. The molecule has 1 aliphatic rings. The van der Waals surface area contributed by atoms with Crippen LogP contribution in [0.5, 0.6) is 5.75 Å². The van der Waals surface area contributed by atoms with Gasteiger partial charge in [-0.3, -0.25) is 9.59 Å². The maximum absolute atomic E-state index is 13.2. The molecule has 0 spiro atoms. The van der Waals surface area contributed by atoms with Crippen molar-refractivity contribution in [3.8, 4) is 5.75 Å². The Morgan fingerprint density at radius 3 is 2.65 bits per heavy atom. The van der Waals surface area contributed by atoms with Gasteiger partial charge >= 0.3 is 0 Å². The van der Waals surface area contributed by atoms with Crippen LogP contribution in [0.2, 0.25) is 0 Å². The number of hydrogen-bond acceptors (Lipinski definition) is 5. The van der Waals surface area contributed by atoms with Crippen LogP contribution in [0.25, 0.3) is 0 Å². The number of hydrogen-bond donors (Lipinski definition) is 0. The van der Waals surface area contributed by atoms with Crippen LogP contribution >= 0.6 is 0 Å². The number of amides is 1. The summed E-state index contributed by atoms with van der Waals surface area (Å²) < 4.78 is 25.8. The first-order chi connectivity index (χ1) is 15.1. The minimum absolute atomic E-state index is 0.180. The lowest BCUT2D eigenvalue weighted by molar-refractivity contribution is -0.0231. The Labute approximate surface area is 178 Å². The van der Waals surface area contributed by atoms with Gasteiger partial charge in [0.2, 0.25) is 0 Å². The number of carbonyl (C=O) groups is 1. The summed E-state index contributed by atoms with van der Waals surface area (Å²) >= 11 is 0. The first kappa shape index (κ1) is 20.7. The van der Waals surface area contributed by atoms with Gasteiger partial charge in [-0.15, -0.1) is 0 Å². The molecule has 0 radical (unpaired) electrons. The molecule has 1 aliphatic heterocycles. The van der Waals surface area contributed by atoms with Crippen molar-refractivity contribution < 1.29 is 18.7 Å². The van der Waals surface area contributed by atoms with Gasteiger partial charge in [-0.25, -0.2) is 9.07 Å². The third kappa shape index (κ3) is 5.16. The summed E-state index contributed by atoms with van der Waals surface area (Å²) in [6.45, 7) is 1.56. The standard InChI is InChI=1S/C23H22FN3O4/c24-18-8-6-17(7-9-18)21-16-26(12-14-31-21)23(29)20-10-11-22(28)27(25-20)13-15-30-19-4-2-1-3-5-19/h1-11,21H,12-16H2/t21-/m0/s1. The molecule has 1 aromatic heterocycles. The highest BCUT2D eigenvalue weighted by Gasteiger charge is 2.27. The summed E-state index contributed by atoms with van der Waals surface area (Å²) in [7, 11) is 0. The lowest BCUT2D eigenvalue weighted by Crippen LogP contribution is -2.43. The minimum Gasteiger partial charge on any atom is -0.492 e. The Bertz CT molecular complexity index is 1090. The third-order valence-electron chi connectivity index (χ3n) is 5.00. The molecule has 7 nitrogen and oxygen atoms in total. The molecular formula is C23H22FN3O4. The van der Waals surface area contributed by atoms with Crippen LogP contribution in [0, 0.1) is 5.82 Å². The molecule has 0 bridgehead atoms. The van der Waals surface area contributed by atoms with Gasteiger partial charge in [0.1, 0.15) is 30.0 Å². The van der Waals surface area contributed by atoms with Crippen LogP contribution in [-0.4, -0.2) is 46.9 Å². The fourth-order valence-electron chi connectivity index (χ4n) is 3.36. The van der Waals surface area contributed by atoms with Gasteiger partial charge in [0.05, 0.1) is 19.7 Å². The van der Waals surface area contributed by atoms with Crippen LogP contribution in [0.4, 0.5) is 4.39 Å². The SMILES string of the molecule is O=C(c1ccc(=O)n(CCOc2ccccc2)n1)N1CCO[C@H](c2ccc(F)cc2)C1. The molecule has 3 aromatic rings. The second-order valence-corrected chi connectivity index (χ2v) is 7.10. The largest absolute Gasteiger partial charge is 0.492 e. The Balaban J connectivity index is 1.42. The lowest BCUT2D eigenvalue weighted by Gasteiger charge is -2.33. The molecular weight excluding hydrogens is 401 g/mol. The van der Waals surface area contributed by atoms with Gasteiger partial charge < -0.3 is 14.4 Å². The minimum atomic E-state index is -0.344. The zero-order valence-corrected chi connectivity index (χ0v) is 16.8. The molecule has 4 rings (SSSR count). The van der Waals surface area contributed by atoms with E-state index in [0.717, 1.165) is 5.56 Å². The molecule has 0 N–H and O–H groups in total. The highest BCUT2D eigenvalue weighted by atomic mass is 19.1. The molecule has 0 saturated carbocycles. The molecule has 0 unspecified atom stereocenters. The van der Waals surface area contributed by atoms with Gasteiger partial charge in [-0.05, 0) is 35.9 Å². The number of ether oxygens (including phenoxy) is 2. The Morgan fingerprint density at radius 1 is 1.10 bits per heavy atom. The second kappa shape index (κ2) is 9.53. The van der Waals surface area contributed by atoms with E-state index in [2.05, 4.69) is 5.10 Å². The normalized spacial score (nSPS) is 16.2. The van der Waals surface area contributed by atoms with E-state index < -0.39 is 0 Å². The highest BCUT2D eigenvalue weighted by molar-refractivity contribution is 5.92. The van der Waals surface area contributed by atoms with Gasteiger partial charge in [0.25, 0.3) is 11.5 Å². The number of carbonyl (C=O) groups excluding carboxylic acids is 1. The van der Waals surface area contributed by atoms with Crippen molar-refractivity contribution in [3.63, 3.8) is 0 Å². The Hall–Kier alpha value is -3.52. The predicted octanol–water partition coefficient (Wildman–Crippen LogP) is 2.68. The van der Waals surface area contributed by atoms with Gasteiger partial charge in [0.15, 0.2) is 0 Å². The van der Waals surface area contributed by atoms with Crippen LogP contribution in [0.1, 0.15) is 22.2 Å². The third-order valence-corrected chi connectivity index (χ3v) is 5.00. The van der Waals surface area contributed by atoms with E-state index >= 15 is 0 Å². The van der Waals surface area contributed by atoms with E-state index in [9.17, 15) is 14.0 Å². The smallest absolute Gasteiger partial charge is 0.274 e. The molecule has 1 amide bonds. The summed E-state index contributed by atoms with van der Waals surface area (Å²) in [5, 5.41) is 4.23. The van der Waals surface area contributed by atoms with Crippen molar-refractivity contribution in [2.24, 2.45) is 0 Å². The maximum atomic E-state index is 13.2. The van der Waals surface area contributed by atoms with Crippen LogP contribution in [0.3, 0.4) is 0 Å². The van der Waals surface area contributed by atoms with E-state index in [0.29, 0.717) is 25.4 Å². The number of halogens is 1. The molecule has 8 heteroatoms. The molecule has 0 aliphatic carbocycles. The van der Waals surface area contributed by atoms with E-state index in [1.807, 2.05) is 30.3 Å². The van der Waals surface area contributed by atoms with Crippen molar-refractivity contribution in [3.05, 3.63) is 94.2 Å². The quantitative estimate of drug-likeness (QED) is 0.610. The first-order valence-electron chi connectivity index (χ1n) is 10.0. The van der Waals surface area contributed by atoms with Crippen molar-refractivity contribution >= 4 is 5.91 Å². The molecule has 1 saturated heterocycles. The zero-order chi connectivity index (χ0) is 21.6. The summed E-state index contributed by atoms with van der Waals surface area (Å²) in [6.07, 6.45) is -0.344.